The number of aryl methyl sites for hydroxylation is 1. The molecule has 108 valence electrons. The maximum absolute atomic E-state index is 11.3. The van der Waals surface area contributed by atoms with Crippen LogP contribution in [0.5, 0.6) is 0 Å². The monoisotopic (exact) mass is 295 g/mol. The van der Waals surface area contributed by atoms with Crippen LogP contribution in [0, 0.1) is 0 Å². The van der Waals surface area contributed by atoms with Gasteiger partial charge in [-0.2, -0.15) is 0 Å². The first-order valence-corrected chi connectivity index (χ1v) is 8.27. The number of rotatable bonds is 5. The number of carbonyl (C=O) groups excluding carboxylic acids is 1. The number of nitrogens with one attached hydrogen (secondary N) is 1. The number of anilines is 1. The van der Waals surface area contributed by atoms with Gasteiger partial charge in [0.2, 0.25) is 10.0 Å². The van der Waals surface area contributed by atoms with Crippen LogP contribution in [-0.2, 0) is 26.0 Å². The van der Waals surface area contributed by atoms with Gasteiger partial charge in [0.15, 0.2) is 0 Å². The summed E-state index contributed by atoms with van der Waals surface area (Å²) in [6.07, 6.45) is 5.53. The normalized spacial score (nSPS) is 18.1. The van der Waals surface area contributed by atoms with Gasteiger partial charge in [0, 0.05) is 17.3 Å². The van der Waals surface area contributed by atoms with Crippen molar-refractivity contribution in [3.63, 3.8) is 0 Å². The number of hydrogen-bond donors (Lipinski definition) is 1. The fourth-order valence-corrected chi connectivity index (χ4v) is 2.73. The molecule has 0 amide bonds. The van der Waals surface area contributed by atoms with Crippen molar-refractivity contribution in [2.75, 3.05) is 11.0 Å². The molecule has 0 fully saturated rings. The summed E-state index contributed by atoms with van der Waals surface area (Å²) < 4.78 is 30.2. The molecule has 1 aliphatic rings. The topological polar surface area (TPSA) is 72.5 Å². The van der Waals surface area contributed by atoms with E-state index in [0.717, 1.165) is 30.2 Å². The zero-order valence-electron chi connectivity index (χ0n) is 11.4. The molecule has 1 unspecified atom stereocenters. The Morgan fingerprint density at radius 3 is 2.65 bits per heavy atom. The zero-order chi connectivity index (χ0) is 14.8. The molecule has 20 heavy (non-hydrogen) atoms. The van der Waals surface area contributed by atoms with Crippen LogP contribution in [0.15, 0.2) is 30.4 Å². The van der Waals surface area contributed by atoms with Crippen LogP contribution < -0.4 is 4.72 Å². The molecule has 6 heteroatoms. The van der Waals surface area contributed by atoms with E-state index in [1.54, 1.807) is 18.2 Å². The van der Waals surface area contributed by atoms with E-state index in [0.29, 0.717) is 5.69 Å². The Bertz CT molecular complexity index is 649. The zero-order valence-corrected chi connectivity index (χ0v) is 12.2. The van der Waals surface area contributed by atoms with E-state index in [9.17, 15) is 13.2 Å². The second-order valence-electron chi connectivity index (χ2n) is 4.75. The molecule has 5 nitrogen and oxygen atoms in total. The van der Waals surface area contributed by atoms with Gasteiger partial charge in [0.1, 0.15) is 6.10 Å². The highest BCUT2D eigenvalue weighted by atomic mass is 32.2. The van der Waals surface area contributed by atoms with Gasteiger partial charge in [-0.1, -0.05) is 19.4 Å². The van der Waals surface area contributed by atoms with Crippen LogP contribution in [-0.4, -0.2) is 20.6 Å². The molecule has 1 aromatic carbocycles. The van der Waals surface area contributed by atoms with Crippen LogP contribution in [0.3, 0.4) is 0 Å². The summed E-state index contributed by atoms with van der Waals surface area (Å²) in [5.74, 6) is -0.376. The SMILES string of the molecule is CCCc1ccc(NS(C)(=O)=O)cc1C1C=CC(=O)O1. The molecule has 0 saturated heterocycles. The largest absolute Gasteiger partial charge is 0.450 e. The highest BCUT2D eigenvalue weighted by Gasteiger charge is 2.21. The molecule has 1 N–H and O–H groups in total. The number of cyclic esters (lactones) is 1. The molecule has 1 aromatic rings. The van der Waals surface area contributed by atoms with Gasteiger partial charge < -0.3 is 4.74 Å². The minimum atomic E-state index is -3.33. The lowest BCUT2D eigenvalue weighted by molar-refractivity contribution is -0.138. The van der Waals surface area contributed by atoms with Crippen LogP contribution >= 0.6 is 0 Å². The Balaban J connectivity index is 2.37. The lowest BCUT2D eigenvalue weighted by Gasteiger charge is -2.16. The highest BCUT2D eigenvalue weighted by molar-refractivity contribution is 7.92. The first-order valence-electron chi connectivity index (χ1n) is 6.38. The van der Waals surface area contributed by atoms with E-state index in [1.807, 2.05) is 6.07 Å². The van der Waals surface area contributed by atoms with E-state index in [1.165, 1.54) is 6.08 Å². The molecule has 1 heterocycles. The second kappa shape index (κ2) is 5.66. The quantitative estimate of drug-likeness (QED) is 0.845. The number of carbonyl (C=O) groups is 1. The average molecular weight is 295 g/mol. The number of sulfonamides is 1. The summed E-state index contributed by atoms with van der Waals surface area (Å²) >= 11 is 0. The Hall–Kier alpha value is -1.82. The van der Waals surface area contributed by atoms with Crippen LogP contribution in [0.2, 0.25) is 0 Å². The first-order chi connectivity index (χ1) is 9.39. The molecule has 0 bridgehead atoms. The summed E-state index contributed by atoms with van der Waals surface area (Å²) in [5, 5.41) is 0. The summed E-state index contributed by atoms with van der Waals surface area (Å²) in [6.45, 7) is 2.06. The van der Waals surface area contributed by atoms with Crippen LogP contribution in [0.4, 0.5) is 5.69 Å². The molecular formula is C14H17NO4S. The van der Waals surface area contributed by atoms with E-state index >= 15 is 0 Å². The van der Waals surface area contributed by atoms with Crippen molar-refractivity contribution in [1.29, 1.82) is 0 Å². The van der Waals surface area contributed by atoms with Gasteiger partial charge in [0.25, 0.3) is 0 Å². The van der Waals surface area contributed by atoms with E-state index in [4.69, 9.17) is 4.74 Å². The second-order valence-corrected chi connectivity index (χ2v) is 6.50. The summed E-state index contributed by atoms with van der Waals surface area (Å²) in [6, 6.07) is 5.31. The summed E-state index contributed by atoms with van der Waals surface area (Å²) in [5.41, 5.74) is 2.34. The Morgan fingerprint density at radius 1 is 1.35 bits per heavy atom. The van der Waals surface area contributed by atoms with Crippen LogP contribution in [0.1, 0.15) is 30.6 Å². The van der Waals surface area contributed by atoms with Gasteiger partial charge in [-0.3, -0.25) is 4.72 Å². The lowest BCUT2D eigenvalue weighted by Crippen LogP contribution is -2.11. The number of ether oxygens (including phenoxy) is 1. The maximum atomic E-state index is 11.3. The Labute approximate surface area is 118 Å². The fourth-order valence-electron chi connectivity index (χ4n) is 2.17. The molecule has 1 atom stereocenters. The predicted molar refractivity (Wildman–Crippen MR) is 76.9 cm³/mol. The third kappa shape index (κ3) is 3.60. The highest BCUT2D eigenvalue weighted by Crippen LogP contribution is 2.30. The Morgan fingerprint density at radius 2 is 2.10 bits per heavy atom. The smallest absolute Gasteiger partial charge is 0.331 e. The molecule has 0 saturated carbocycles. The van der Waals surface area contributed by atoms with Crippen molar-refractivity contribution < 1.29 is 17.9 Å². The average Bonchev–Trinajstić information content (AvgIpc) is 2.76. The number of hydrogen-bond acceptors (Lipinski definition) is 4. The minimum absolute atomic E-state index is 0.376. The lowest BCUT2D eigenvalue weighted by atomic mass is 9.98. The third-order valence-corrected chi connectivity index (χ3v) is 3.53. The molecule has 1 aliphatic heterocycles. The first kappa shape index (κ1) is 14.6. The van der Waals surface area contributed by atoms with Crippen molar-refractivity contribution in [2.24, 2.45) is 0 Å². The van der Waals surface area contributed by atoms with Crippen molar-refractivity contribution in [2.45, 2.75) is 25.9 Å². The van der Waals surface area contributed by atoms with Gasteiger partial charge in [0.05, 0.1) is 6.26 Å². The van der Waals surface area contributed by atoms with E-state index in [2.05, 4.69) is 11.6 Å². The van der Waals surface area contributed by atoms with Crippen molar-refractivity contribution in [3.05, 3.63) is 41.5 Å². The summed E-state index contributed by atoms with van der Waals surface area (Å²) in [7, 11) is -3.33. The summed E-state index contributed by atoms with van der Waals surface area (Å²) in [4.78, 5) is 11.2. The third-order valence-electron chi connectivity index (χ3n) is 2.93. The maximum Gasteiger partial charge on any atom is 0.331 e. The van der Waals surface area contributed by atoms with Crippen molar-refractivity contribution >= 4 is 21.7 Å². The molecular weight excluding hydrogens is 278 g/mol. The molecule has 2 rings (SSSR count). The molecule has 0 aromatic heterocycles. The predicted octanol–water partition coefficient (Wildman–Crippen LogP) is 2.16. The standard InChI is InChI=1S/C14H17NO4S/c1-3-4-10-5-6-11(15-20(2,17)18)9-12(10)13-7-8-14(16)19-13/h5-9,13,15H,3-4H2,1-2H3. The van der Waals surface area contributed by atoms with Crippen molar-refractivity contribution in [3.8, 4) is 0 Å². The van der Waals surface area contributed by atoms with Crippen molar-refractivity contribution in [1.82, 2.24) is 0 Å². The van der Waals surface area contributed by atoms with Crippen LogP contribution in [0.25, 0.3) is 0 Å². The van der Waals surface area contributed by atoms with Gasteiger partial charge >= 0.3 is 5.97 Å². The fraction of sp³-hybridized carbons (Fsp3) is 0.357. The molecule has 0 spiro atoms. The van der Waals surface area contributed by atoms with Gasteiger partial charge in [-0.25, -0.2) is 13.2 Å². The van der Waals surface area contributed by atoms with Gasteiger partial charge in [-0.15, -0.1) is 0 Å². The van der Waals surface area contributed by atoms with E-state index < -0.39 is 16.1 Å². The van der Waals surface area contributed by atoms with Gasteiger partial charge in [-0.05, 0) is 30.2 Å². The number of benzene rings is 1. The molecule has 0 radical (unpaired) electrons. The van der Waals surface area contributed by atoms with E-state index in [-0.39, 0.29) is 5.97 Å². The molecule has 0 aliphatic carbocycles. The minimum Gasteiger partial charge on any atom is -0.450 e. The Kier molecular flexibility index (Phi) is 4.13. The number of esters is 1.